The molecule has 0 aliphatic carbocycles. The number of benzene rings is 1. The van der Waals surface area contributed by atoms with Crippen molar-refractivity contribution < 1.29 is 8.78 Å². The van der Waals surface area contributed by atoms with Gasteiger partial charge in [0, 0.05) is 24.0 Å². The number of halogens is 3. The van der Waals surface area contributed by atoms with Crippen LogP contribution in [0.1, 0.15) is 19.4 Å². The van der Waals surface area contributed by atoms with Crippen LogP contribution in [0.4, 0.5) is 8.78 Å². The maximum absolute atomic E-state index is 13.3. The average Bonchev–Trinajstić information content (AvgIpc) is 2.24. The van der Waals surface area contributed by atoms with Crippen molar-refractivity contribution >= 4 is 11.6 Å². The number of alkyl halides is 1. The lowest BCUT2D eigenvalue weighted by atomic mass is 10.1. The molecule has 16 heavy (non-hydrogen) atoms. The molecule has 4 heteroatoms. The van der Waals surface area contributed by atoms with Gasteiger partial charge < -0.3 is 5.32 Å². The first-order chi connectivity index (χ1) is 7.56. The van der Waals surface area contributed by atoms with Gasteiger partial charge in [0.2, 0.25) is 0 Å². The first kappa shape index (κ1) is 13.4. The van der Waals surface area contributed by atoms with Crippen molar-refractivity contribution in [1.29, 1.82) is 0 Å². The van der Waals surface area contributed by atoms with Crippen LogP contribution in [0.25, 0.3) is 0 Å². The molecule has 1 N–H and O–H groups in total. The van der Waals surface area contributed by atoms with E-state index in [1.165, 1.54) is 6.07 Å². The zero-order chi connectivity index (χ0) is 12.1. The summed E-state index contributed by atoms with van der Waals surface area (Å²) in [7, 11) is 0. The van der Waals surface area contributed by atoms with Crippen LogP contribution in [0.5, 0.6) is 0 Å². The number of hydrogen-bond donors (Lipinski definition) is 1. The van der Waals surface area contributed by atoms with E-state index in [0.717, 1.165) is 6.07 Å². The van der Waals surface area contributed by atoms with Gasteiger partial charge in [-0.15, -0.1) is 11.6 Å². The lowest BCUT2D eigenvalue weighted by Crippen LogP contribution is -2.35. The van der Waals surface area contributed by atoms with E-state index in [-0.39, 0.29) is 6.04 Å². The van der Waals surface area contributed by atoms with E-state index in [4.69, 9.17) is 11.6 Å². The summed E-state index contributed by atoms with van der Waals surface area (Å²) in [6.45, 7) is 4.35. The van der Waals surface area contributed by atoms with Crippen molar-refractivity contribution in [3.8, 4) is 0 Å². The molecule has 1 rings (SSSR count). The molecule has 0 heterocycles. The Balaban J connectivity index is 2.64. The smallest absolute Gasteiger partial charge is 0.163 e. The Hall–Kier alpha value is -0.670. The monoisotopic (exact) mass is 247 g/mol. The van der Waals surface area contributed by atoms with E-state index in [1.54, 1.807) is 6.07 Å². The first-order valence-electron chi connectivity index (χ1n) is 5.28. The topological polar surface area (TPSA) is 12.0 Å². The Morgan fingerprint density at radius 3 is 2.56 bits per heavy atom. The fraction of sp³-hybridized carbons (Fsp3) is 0.500. The second kappa shape index (κ2) is 6.16. The molecule has 0 amide bonds. The Kier molecular flexibility index (Phi) is 5.16. The van der Waals surface area contributed by atoms with E-state index in [1.807, 2.05) is 13.8 Å². The minimum atomic E-state index is -0.814. The minimum absolute atomic E-state index is 0.101. The third kappa shape index (κ3) is 3.42. The lowest BCUT2D eigenvalue weighted by Gasteiger charge is -2.19. The molecule has 0 aliphatic heterocycles. The average molecular weight is 248 g/mol. The third-order valence-electron chi connectivity index (χ3n) is 2.56. The van der Waals surface area contributed by atoms with Crippen molar-refractivity contribution in [2.45, 2.75) is 26.4 Å². The van der Waals surface area contributed by atoms with Gasteiger partial charge in [0.25, 0.3) is 0 Å². The summed E-state index contributed by atoms with van der Waals surface area (Å²) < 4.78 is 26.2. The molecule has 0 fully saturated rings. The van der Waals surface area contributed by atoms with Crippen LogP contribution in [0.15, 0.2) is 18.2 Å². The van der Waals surface area contributed by atoms with Gasteiger partial charge in [-0.1, -0.05) is 26.0 Å². The highest BCUT2D eigenvalue weighted by Gasteiger charge is 2.13. The molecule has 90 valence electrons. The predicted molar refractivity (Wildman–Crippen MR) is 62.5 cm³/mol. The van der Waals surface area contributed by atoms with Gasteiger partial charge in [0.1, 0.15) is 0 Å². The van der Waals surface area contributed by atoms with Gasteiger partial charge in [0.15, 0.2) is 11.6 Å². The highest BCUT2D eigenvalue weighted by atomic mass is 35.5. The summed E-state index contributed by atoms with van der Waals surface area (Å²) in [5.74, 6) is -0.790. The van der Waals surface area contributed by atoms with Crippen molar-refractivity contribution in [2.24, 2.45) is 5.92 Å². The molecule has 1 atom stereocenters. The molecule has 0 spiro atoms. The maximum Gasteiger partial charge on any atom is 0.163 e. The zero-order valence-corrected chi connectivity index (χ0v) is 10.2. The van der Waals surface area contributed by atoms with Crippen molar-refractivity contribution in [3.63, 3.8) is 0 Å². The molecule has 0 aromatic heterocycles. The minimum Gasteiger partial charge on any atom is -0.308 e. The molecule has 1 aromatic rings. The van der Waals surface area contributed by atoms with E-state index in [0.29, 0.717) is 23.9 Å². The Labute approximate surface area is 99.8 Å². The molecule has 0 bridgehead atoms. The normalized spacial score (nSPS) is 13.1. The van der Waals surface area contributed by atoms with Crippen LogP contribution in [-0.2, 0) is 6.54 Å². The molecule has 1 nitrogen and oxygen atoms in total. The fourth-order valence-electron chi connectivity index (χ4n) is 1.39. The van der Waals surface area contributed by atoms with Crippen LogP contribution >= 0.6 is 11.6 Å². The molecule has 0 radical (unpaired) electrons. The van der Waals surface area contributed by atoms with Gasteiger partial charge >= 0.3 is 0 Å². The van der Waals surface area contributed by atoms with Crippen LogP contribution in [0, 0.1) is 17.6 Å². The van der Waals surface area contributed by atoms with Crippen molar-refractivity contribution in [3.05, 3.63) is 35.4 Å². The Morgan fingerprint density at radius 2 is 2.00 bits per heavy atom. The summed E-state index contributed by atoms with van der Waals surface area (Å²) in [6, 6.07) is 4.28. The van der Waals surface area contributed by atoms with Gasteiger partial charge in [-0.25, -0.2) is 8.78 Å². The molecule has 0 saturated carbocycles. The first-order valence-corrected chi connectivity index (χ1v) is 5.82. The fourth-order valence-corrected chi connectivity index (χ4v) is 1.86. The molecular weight excluding hydrogens is 232 g/mol. The molecule has 0 aliphatic rings. The summed E-state index contributed by atoms with van der Waals surface area (Å²) in [5.41, 5.74) is 0.329. The number of rotatable bonds is 5. The molecular formula is C12H16ClF2N. The highest BCUT2D eigenvalue weighted by Crippen LogP contribution is 2.12. The van der Waals surface area contributed by atoms with Gasteiger partial charge in [-0.2, -0.15) is 0 Å². The highest BCUT2D eigenvalue weighted by molar-refractivity contribution is 6.18. The maximum atomic E-state index is 13.3. The van der Waals surface area contributed by atoms with Crippen LogP contribution in [-0.4, -0.2) is 11.9 Å². The third-order valence-corrected chi connectivity index (χ3v) is 2.89. The lowest BCUT2D eigenvalue weighted by molar-refractivity contribution is 0.420. The predicted octanol–water partition coefficient (Wildman–Crippen LogP) is 3.32. The zero-order valence-electron chi connectivity index (χ0n) is 9.43. The summed E-state index contributed by atoms with van der Waals surface area (Å²) >= 11 is 5.77. The summed E-state index contributed by atoms with van der Waals surface area (Å²) in [6.07, 6.45) is 0. The summed E-state index contributed by atoms with van der Waals surface area (Å²) in [5, 5.41) is 3.11. The van der Waals surface area contributed by atoms with Crippen LogP contribution in [0.2, 0.25) is 0 Å². The van der Waals surface area contributed by atoms with Gasteiger partial charge in [-0.05, 0) is 12.0 Å². The number of hydrogen-bond acceptors (Lipinski definition) is 1. The van der Waals surface area contributed by atoms with Crippen LogP contribution in [0.3, 0.4) is 0 Å². The SMILES string of the molecule is CC(C)C(CCl)NCc1cccc(F)c1F. The van der Waals surface area contributed by atoms with E-state index in [2.05, 4.69) is 5.32 Å². The Morgan fingerprint density at radius 1 is 1.31 bits per heavy atom. The van der Waals surface area contributed by atoms with Gasteiger partial charge in [-0.3, -0.25) is 0 Å². The largest absolute Gasteiger partial charge is 0.308 e. The molecule has 1 aromatic carbocycles. The second-order valence-electron chi connectivity index (χ2n) is 4.10. The molecule has 1 unspecified atom stereocenters. The van der Waals surface area contributed by atoms with Crippen LogP contribution < -0.4 is 5.32 Å². The Bertz CT molecular complexity index is 342. The van der Waals surface area contributed by atoms with Gasteiger partial charge in [0.05, 0.1) is 0 Å². The van der Waals surface area contributed by atoms with Crippen molar-refractivity contribution in [1.82, 2.24) is 5.32 Å². The molecule has 0 saturated heterocycles. The van der Waals surface area contributed by atoms with E-state index in [9.17, 15) is 8.78 Å². The van der Waals surface area contributed by atoms with E-state index >= 15 is 0 Å². The van der Waals surface area contributed by atoms with Crippen molar-refractivity contribution in [2.75, 3.05) is 5.88 Å². The second-order valence-corrected chi connectivity index (χ2v) is 4.41. The number of nitrogens with one attached hydrogen (secondary N) is 1. The summed E-state index contributed by atoms with van der Waals surface area (Å²) in [4.78, 5) is 0. The van der Waals surface area contributed by atoms with E-state index < -0.39 is 11.6 Å². The quantitative estimate of drug-likeness (QED) is 0.787. The standard InChI is InChI=1S/C12H16ClF2N/c1-8(2)11(6-13)16-7-9-4-3-5-10(14)12(9)15/h3-5,8,11,16H,6-7H2,1-2H3.